The summed E-state index contributed by atoms with van der Waals surface area (Å²) in [6.45, 7) is 2.66. The second-order valence-electron chi connectivity index (χ2n) is 4.72. The van der Waals surface area contributed by atoms with Crippen molar-refractivity contribution in [1.29, 1.82) is 0 Å². The molecule has 0 unspecified atom stereocenters. The van der Waals surface area contributed by atoms with E-state index in [0.29, 0.717) is 6.54 Å². The van der Waals surface area contributed by atoms with Crippen molar-refractivity contribution in [3.63, 3.8) is 0 Å². The lowest BCUT2D eigenvalue weighted by atomic mass is 10.0. The average molecular weight is 339 g/mol. The van der Waals surface area contributed by atoms with Crippen LogP contribution in [0.3, 0.4) is 0 Å². The number of thiophene rings is 1. The van der Waals surface area contributed by atoms with Gasteiger partial charge in [0.25, 0.3) is 0 Å². The first-order chi connectivity index (χ1) is 9.19. The van der Waals surface area contributed by atoms with E-state index in [1.807, 2.05) is 0 Å². The summed E-state index contributed by atoms with van der Waals surface area (Å²) in [7, 11) is 2.16. The van der Waals surface area contributed by atoms with Crippen LogP contribution in [0.4, 0.5) is 0 Å². The van der Waals surface area contributed by atoms with Gasteiger partial charge in [-0.3, -0.25) is 0 Å². The van der Waals surface area contributed by atoms with Gasteiger partial charge in [0, 0.05) is 19.6 Å². The van der Waals surface area contributed by atoms with Gasteiger partial charge in [-0.25, -0.2) is 0 Å². The van der Waals surface area contributed by atoms with Gasteiger partial charge in [-0.15, -0.1) is 11.3 Å². The largest absolute Gasteiger partial charge is 0.326 e. The van der Waals surface area contributed by atoms with Crippen LogP contribution < -0.4 is 5.73 Å². The van der Waals surface area contributed by atoms with Crippen molar-refractivity contribution in [1.82, 2.24) is 4.90 Å². The zero-order valence-corrected chi connectivity index (χ0v) is 13.5. The number of rotatable bonds is 6. The number of hydrogen-bond donors (Lipinski definition) is 1. The van der Waals surface area contributed by atoms with Gasteiger partial charge in [0.2, 0.25) is 0 Å². The SMILES string of the molecule is CN(CCc1ccccc1CN)Cc1csc(Br)c1. The molecule has 1 heterocycles. The Hall–Kier alpha value is -0.680. The fraction of sp³-hybridized carbons (Fsp3) is 0.333. The number of halogens is 1. The predicted octanol–water partition coefficient (Wildman–Crippen LogP) is 3.64. The summed E-state index contributed by atoms with van der Waals surface area (Å²) in [4.78, 5) is 2.35. The third-order valence-electron chi connectivity index (χ3n) is 3.18. The first-order valence-corrected chi connectivity index (χ1v) is 8.04. The third-order valence-corrected chi connectivity index (χ3v) is 4.73. The van der Waals surface area contributed by atoms with E-state index < -0.39 is 0 Å². The van der Waals surface area contributed by atoms with Crippen LogP contribution in [0.15, 0.2) is 39.5 Å². The molecule has 0 spiro atoms. The van der Waals surface area contributed by atoms with Gasteiger partial charge < -0.3 is 10.6 Å². The Balaban J connectivity index is 1.87. The molecule has 1 aromatic heterocycles. The highest BCUT2D eigenvalue weighted by molar-refractivity contribution is 9.11. The molecule has 0 saturated carbocycles. The van der Waals surface area contributed by atoms with Crippen molar-refractivity contribution in [3.05, 3.63) is 56.2 Å². The molecule has 2 aromatic rings. The van der Waals surface area contributed by atoms with Crippen LogP contribution in [-0.4, -0.2) is 18.5 Å². The zero-order valence-electron chi connectivity index (χ0n) is 11.1. The van der Waals surface area contributed by atoms with Crippen LogP contribution in [0.1, 0.15) is 16.7 Å². The van der Waals surface area contributed by atoms with Gasteiger partial charge >= 0.3 is 0 Å². The summed E-state index contributed by atoms with van der Waals surface area (Å²) in [5.41, 5.74) is 9.76. The minimum atomic E-state index is 0.622. The molecule has 0 amide bonds. The molecule has 0 radical (unpaired) electrons. The van der Waals surface area contributed by atoms with Crippen LogP contribution in [0.25, 0.3) is 0 Å². The summed E-state index contributed by atoms with van der Waals surface area (Å²) >= 11 is 5.24. The number of hydrogen-bond acceptors (Lipinski definition) is 3. The summed E-state index contributed by atoms with van der Waals surface area (Å²) in [6.07, 6.45) is 1.05. The molecule has 2 N–H and O–H groups in total. The van der Waals surface area contributed by atoms with Crippen molar-refractivity contribution < 1.29 is 0 Å². The summed E-state index contributed by atoms with van der Waals surface area (Å²) < 4.78 is 1.20. The Morgan fingerprint density at radius 3 is 2.63 bits per heavy atom. The average Bonchev–Trinajstić information content (AvgIpc) is 2.82. The zero-order chi connectivity index (χ0) is 13.7. The van der Waals surface area contributed by atoms with E-state index in [4.69, 9.17) is 5.73 Å². The second kappa shape index (κ2) is 7.20. The molecule has 0 aliphatic heterocycles. The highest BCUT2D eigenvalue weighted by atomic mass is 79.9. The van der Waals surface area contributed by atoms with E-state index in [1.165, 1.54) is 20.5 Å². The summed E-state index contributed by atoms with van der Waals surface area (Å²) in [5, 5.41) is 2.20. The molecule has 0 aliphatic rings. The minimum absolute atomic E-state index is 0.622. The lowest BCUT2D eigenvalue weighted by Crippen LogP contribution is -2.21. The van der Waals surface area contributed by atoms with Gasteiger partial charge in [-0.2, -0.15) is 0 Å². The van der Waals surface area contributed by atoms with Crippen molar-refractivity contribution in [2.24, 2.45) is 5.73 Å². The van der Waals surface area contributed by atoms with Gasteiger partial charge in [-0.1, -0.05) is 24.3 Å². The van der Waals surface area contributed by atoms with E-state index in [9.17, 15) is 0 Å². The lowest BCUT2D eigenvalue weighted by Gasteiger charge is -2.17. The van der Waals surface area contributed by atoms with E-state index in [2.05, 4.69) is 63.6 Å². The quantitative estimate of drug-likeness (QED) is 0.871. The highest BCUT2D eigenvalue weighted by Gasteiger charge is 2.05. The second-order valence-corrected chi connectivity index (χ2v) is 7.01. The minimum Gasteiger partial charge on any atom is -0.326 e. The highest BCUT2D eigenvalue weighted by Crippen LogP contribution is 2.21. The molecule has 0 aliphatic carbocycles. The molecule has 2 rings (SSSR count). The molecular formula is C15H19BrN2S. The lowest BCUT2D eigenvalue weighted by molar-refractivity contribution is 0.331. The molecule has 4 heteroatoms. The molecule has 0 fully saturated rings. The smallest absolute Gasteiger partial charge is 0.0701 e. The molecular weight excluding hydrogens is 320 g/mol. The maximum Gasteiger partial charge on any atom is 0.0701 e. The van der Waals surface area contributed by atoms with Gasteiger partial charge in [0.1, 0.15) is 0 Å². The van der Waals surface area contributed by atoms with Crippen LogP contribution in [0.2, 0.25) is 0 Å². The standard InChI is InChI=1S/C15H19BrN2S/c1-18(10-12-8-15(16)19-11-12)7-6-13-4-2-3-5-14(13)9-17/h2-5,8,11H,6-7,9-10,17H2,1H3. The van der Waals surface area contributed by atoms with Crippen LogP contribution in [0, 0.1) is 0 Å². The van der Waals surface area contributed by atoms with E-state index in [1.54, 1.807) is 11.3 Å². The molecule has 0 saturated heterocycles. The summed E-state index contributed by atoms with van der Waals surface area (Å²) in [6, 6.07) is 10.6. The molecule has 2 nitrogen and oxygen atoms in total. The summed E-state index contributed by atoms with van der Waals surface area (Å²) in [5.74, 6) is 0. The van der Waals surface area contributed by atoms with E-state index in [0.717, 1.165) is 19.5 Å². The van der Waals surface area contributed by atoms with Crippen LogP contribution in [-0.2, 0) is 19.5 Å². The Morgan fingerprint density at radius 1 is 1.26 bits per heavy atom. The van der Waals surface area contributed by atoms with Crippen molar-refractivity contribution in [2.75, 3.05) is 13.6 Å². The number of benzene rings is 1. The van der Waals surface area contributed by atoms with E-state index in [-0.39, 0.29) is 0 Å². The number of likely N-dealkylation sites (N-methyl/N-ethyl adjacent to an activating group) is 1. The topological polar surface area (TPSA) is 29.3 Å². The van der Waals surface area contributed by atoms with Gasteiger partial charge in [-0.05, 0) is 57.5 Å². The molecule has 19 heavy (non-hydrogen) atoms. The fourth-order valence-corrected chi connectivity index (χ4v) is 3.33. The molecule has 1 aromatic carbocycles. The van der Waals surface area contributed by atoms with E-state index >= 15 is 0 Å². The van der Waals surface area contributed by atoms with Crippen molar-refractivity contribution in [3.8, 4) is 0 Å². The van der Waals surface area contributed by atoms with Gasteiger partial charge in [0.05, 0.1) is 3.79 Å². The third kappa shape index (κ3) is 4.42. The molecule has 0 bridgehead atoms. The van der Waals surface area contributed by atoms with Crippen molar-refractivity contribution >= 4 is 27.3 Å². The number of nitrogens with zero attached hydrogens (tertiary/aromatic N) is 1. The number of nitrogens with two attached hydrogens (primary N) is 1. The predicted molar refractivity (Wildman–Crippen MR) is 86.4 cm³/mol. The Morgan fingerprint density at radius 2 is 2.00 bits per heavy atom. The normalized spacial score (nSPS) is 11.2. The maximum absolute atomic E-state index is 5.77. The Labute approximate surface area is 127 Å². The maximum atomic E-state index is 5.77. The first-order valence-electron chi connectivity index (χ1n) is 6.37. The van der Waals surface area contributed by atoms with Crippen LogP contribution >= 0.6 is 27.3 Å². The van der Waals surface area contributed by atoms with Crippen LogP contribution in [0.5, 0.6) is 0 Å². The fourth-order valence-electron chi connectivity index (χ4n) is 2.13. The van der Waals surface area contributed by atoms with Crippen molar-refractivity contribution in [2.45, 2.75) is 19.5 Å². The first kappa shape index (κ1) is 14.7. The van der Waals surface area contributed by atoms with Gasteiger partial charge in [0.15, 0.2) is 0 Å². The Bertz CT molecular complexity index is 524. The Kier molecular flexibility index (Phi) is 5.58. The molecule has 102 valence electrons. The monoisotopic (exact) mass is 338 g/mol. The molecule has 0 atom stereocenters.